The summed E-state index contributed by atoms with van der Waals surface area (Å²) in [6.07, 6.45) is -0.137. The van der Waals surface area contributed by atoms with Crippen LogP contribution >= 0.6 is 11.6 Å². The number of hydrogen-bond acceptors (Lipinski definition) is 4. The van der Waals surface area contributed by atoms with E-state index < -0.39 is 18.5 Å². The number of ether oxygens (including phenoxy) is 1. The first-order chi connectivity index (χ1) is 13.3. The molecule has 28 heavy (non-hydrogen) atoms. The summed E-state index contributed by atoms with van der Waals surface area (Å²) in [5.41, 5.74) is 4.06. The minimum atomic E-state index is -0.617. The molecule has 6 nitrogen and oxygen atoms in total. The van der Waals surface area contributed by atoms with Gasteiger partial charge in [0.05, 0.1) is 6.42 Å². The van der Waals surface area contributed by atoms with Gasteiger partial charge in [-0.2, -0.15) is 0 Å². The molecule has 0 bridgehead atoms. The number of rotatable bonds is 7. The highest BCUT2D eigenvalue weighted by Gasteiger charge is 2.12. The van der Waals surface area contributed by atoms with Crippen molar-refractivity contribution in [3.63, 3.8) is 0 Å². The Hall–Kier alpha value is -2.86. The van der Waals surface area contributed by atoms with Gasteiger partial charge >= 0.3 is 5.97 Å². The number of amides is 2. The second-order valence-electron chi connectivity index (χ2n) is 6.49. The Morgan fingerprint density at radius 3 is 2.21 bits per heavy atom. The lowest BCUT2D eigenvalue weighted by Crippen LogP contribution is -2.22. The van der Waals surface area contributed by atoms with Crippen molar-refractivity contribution in [2.75, 3.05) is 17.2 Å². The standard InChI is InChI=1S/C21H23ClN2O4/c1-13-7-8-16(11-17(13)22)23-19(26)12-28-20(27)10-9-18(25)24-21-14(2)5-4-6-15(21)3/h4-8,11H,9-10,12H2,1-3H3,(H,23,26)(H,24,25). The SMILES string of the molecule is Cc1ccc(NC(=O)COC(=O)CCC(=O)Nc2c(C)cccc2C)cc1Cl. The van der Waals surface area contributed by atoms with E-state index >= 15 is 0 Å². The number of nitrogens with one attached hydrogen (secondary N) is 2. The molecule has 2 amide bonds. The molecular weight excluding hydrogens is 380 g/mol. The van der Waals surface area contributed by atoms with Gasteiger partial charge in [-0.3, -0.25) is 14.4 Å². The van der Waals surface area contributed by atoms with E-state index in [0.717, 1.165) is 22.4 Å². The van der Waals surface area contributed by atoms with Gasteiger partial charge in [0.2, 0.25) is 5.91 Å². The molecule has 0 aliphatic carbocycles. The molecule has 0 aliphatic heterocycles. The maximum atomic E-state index is 12.0. The number of aryl methyl sites for hydroxylation is 3. The highest BCUT2D eigenvalue weighted by Crippen LogP contribution is 2.20. The van der Waals surface area contributed by atoms with Gasteiger partial charge in [-0.05, 0) is 49.6 Å². The van der Waals surface area contributed by atoms with E-state index in [1.807, 2.05) is 39.0 Å². The fourth-order valence-electron chi connectivity index (χ4n) is 2.52. The Bertz CT molecular complexity index is 876. The lowest BCUT2D eigenvalue weighted by Gasteiger charge is -2.11. The van der Waals surface area contributed by atoms with Gasteiger partial charge in [0.15, 0.2) is 6.61 Å². The van der Waals surface area contributed by atoms with E-state index in [2.05, 4.69) is 10.6 Å². The first-order valence-corrected chi connectivity index (χ1v) is 9.21. The van der Waals surface area contributed by atoms with Crippen molar-refractivity contribution in [3.8, 4) is 0 Å². The first-order valence-electron chi connectivity index (χ1n) is 8.84. The van der Waals surface area contributed by atoms with Crippen molar-refractivity contribution < 1.29 is 19.1 Å². The number of halogens is 1. The van der Waals surface area contributed by atoms with Crippen molar-refractivity contribution in [2.24, 2.45) is 0 Å². The normalized spacial score (nSPS) is 10.3. The topological polar surface area (TPSA) is 84.5 Å². The highest BCUT2D eigenvalue weighted by atomic mass is 35.5. The monoisotopic (exact) mass is 402 g/mol. The Balaban J connectivity index is 1.74. The van der Waals surface area contributed by atoms with Crippen LogP contribution in [0.15, 0.2) is 36.4 Å². The zero-order chi connectivity index (χ0) is 20.7. The summed E-state index contributed by atoms with van der Waals surface area (Å²) in [6.45, 7) is 5.22. The molecule has 0 saturated heterocycles. The summed E-state index contributed by atoms with van der Waals surface area (Å²) in [5, 5.41) is 5.93. The van der Waals surface area contributed by atoms with Crippen LogP contribution in [0.25, 0.3) is 0 Å². The number of carbonyl (C=O) groups excluding carboxylic acids is 3. The fourth-order valence-corrected chi connectivity index (χ4v) is 2.70. The molecule has 0 atom stereocenters. The molecule has 0 fully saturated rings. The smallest absolute Gasteiger partial charge is 0.306 e. The Morgan fingerprint density at radius 2 is 1.57 bits per heavy atom. The predicted octanol–water partition coefficient (Wildman–Crippen LogP) is 4.17. The molecule has 0 heterocycles. The van der Waals surface area contributed by atoms with Crippen LogP contribution in [0.1, 0.15) is 29.5 Å². The van der Waals surface area contributed by atoms with Crippen molar-refractivity contribution in [1.29, 1.82) is 0 Å². The largest absolute Gasteiger partial charge is 0.456 e. The molecule has 0 radical (unpaired) electrons. The van der Waals surface area contributed by atoms with Crippen LogP contribution in [-0.2, 0) is 19.1 Å². The lowest BCUT2D eigenvalue weighted by atomic mass is 10.1. The van der Waals surface area contributed by atoms with Crippen LogP contribution < -0.4 is 10.6 Å². The van der Waals surface area contributed by atoms with Crippen LogP contribution in [0, 0.1) is 20.8 Å². The van der Waals surface area contributed by atoms with E-state index in [-0.39, 0.29) is 18.7 Å². The van der Waals surface area contributed by atoms with E-state index in [4.69, 9.17) is 16.3 Å². The molecule has 2 aromatic rings. The lowest BCUT2D eigenvalue weighted by molar-refractivity contribution is -0.147. The fraction of sp³-hybridized carbons (Fsp3) is 0.286. The quantitative estimate of drug-likeness (QED) is 0.681. The van der Waals surface area contributed by atoms with Crippen LogP contribution in [0.2, 0.25) is 5.02 Å². The molecule has 148 valence electrons. The van der Waals surface area contributed by atoms with Crippen molar-refractivity contribution in [2.45, 2.75) is 33.6 Å². The van der Waals surface area contributed by atoms with Gasteiger partial charge < -0.3 is 15.4 Å². The third kappa shape index (κ3) is 6.39. The average molecular weight is 403 g/mol. The molecule has 2 N–H and O–H groups in total. The summed E-state index contributed by atoms with van der Waals surface area (Å²) in [5.74, 6) is -1.38. The second kappa shape index (κ2) is 9.90. The van der Waals surface area contributed by atoms with Crippen molar-refractivity contribution in [3.05, 3.63) is 58.1 Å². The van der Waals surface area contributed by atoms with Gasteiger partial charge in [-0.15, -0.1) is 0 Å². The number of esters is 1. The molecule has 0 aromatic heterocycles. The maximum Gasteiger partial charge on any atom is 0.306 e. The van der Waals surface area contributed by atoms with Crippen LogP contribution in [-0.4, -0.2) is 24.4 Å². The zero-order valence-corrected chi connectivity index (χ0v) is 16.9. The molecule has 0 unspecified atom stereocenters. The van der Waals surface area contributed by atoms with Gasteiger partial charge in [0.1, 0.15) is 0 Å². The van der Waals surface area contributed by atoms with E-state index in [0.29, 0.717) is 10.7 Å². The summed E-state index contributed by atoms with van der Waals surface area (Å²) < 4.78 is 4.91. The van der Waals surface area contributed by atoms with Crippen molar-refractivity contribution in [1.82, 2.24) is 0 Å². The molecule has 0 aliphatic rings. The van der Waals surface area contributed by atoms with Gasteiger partial charge in [0.25, 0.3) is 5.91 Å². The number of benzene rings is 2. The molecule has 2 rings (SSSR count). The third-order valence-electron chi connectivity index (χ3n) is 4.12. The van der Waals surface area contributed by atoms with E-state index in [9.17, 15) is 14.4 Å². The summed E-state index contributed by atoms with van der Waals surface area (Å²) in [6, 6.07) is 10.8. The number of hydrogen-bond donors (Lipinski definition) is 2. The highest BCUT2D eigenvalue weighted by molar-refractivity contribution is 6.31. The minimum Gasteiger partial charge on any atom is -0.456 e. The zero-order valence-electron chi connectivity index (χ0n) is 16.1. The summed E-state index contributed by atoms with van der Waals surface area (Å²) in [7, 11) is 0. The maximum absolute atomic E-state index is 12.0. The number of para-hydroxylation sites is 1. The number of carbonyl (C=O) groups is 3. The minimum absolute atomic E-state index is 0.0260. The van der Waals surface area contributed by atoms with Crippen molar-refractivity contribution >= 4 is 40.8 Å². The van der Waals surface area contributed by atoms with Gasteiger partial charge in [-0.25, -0.2) is 0 Å². The Labute approximate surface area is 169 Å². The summed E-state index contributed by atoms with van der Waals surface area (Å²) >= 11 is 6.00. The predicted molar refractivity (Wildman–Crippen MR) is 110 cm³/mol. The second-order valence-corrected chi connectivity index (χ2v) is 6.90. The third-order valence-corrected chi connectivity index (χ3v) is 4.53. The van der Waals surface area contributed by atoms with Gasteiger partial charge in [0, 0.05) is 22.8 Å². The van der Waals surface area contributed by atoms with Crippen LogP contribution in [0.3, 0.4) is 0 Å². The van der Waals surface area contributed by atoms with E-state index in [1.54, 1.807) is 18.2 Å². The summed E-state index contributed by atoms with van der Waals surface area (Å²) in [4.78, 5) is 35.7. The molecular formula is C21H23ClN2O4. The Morgan fingerprint density at radius 1 is 0.893 bits per heavy atom. The molecule has 7 heteroatoms. The number of anilines is 2. The molecule has 0 saturated carbocycles. The van der Waals surface area contributed by atoms with E-state index in [1.165, 1.54) is 0 Å². The molecule has 2 aromatic carbocycles. The molecule has 0 spiro atoms. The van der Waals surface area contributed by atoms with Gasteiger partial charge in [-0.1, -0.05) is 35.9 Å². The average Bonchev–Trinajstić information content (AvgIpc) is 2.64. The van der Waals surface area contributed by atoms with Crippen LogP contribution in [0.4, 0.5) is 11.4 Å². The first kappa shape index (κ1) is 21.4. The van der Waals surface area contributed by atoms with Crippen LogP contribution in [0.5, 0.6) is 0 Å². The Kier molecular flexibility index (Phi) is 7.58.